The molecule has 11 nitrogen and oxygen atoms in total. The topological polar surface area (TPSA) is 98.6 Å². The van der Waals surface area contributed by atoms with Gasteiger partial charge in [-0.05, 0) is 65.0 Å². The Hall–Kier alpha value is -3.51. The van der Waals surface area contributed by atoms with Crippen molar-refractivity contribution in [2.75, 3.05) is 88.3 Å². The van der Waals surface area contributed by atoms with E-state index in [-0.39, 0.29) is 20.3 Å². The van der Waals surface area contributed by atoms with Crippen LogP contribution in [0.4, 0.5) is 28.8 Å². The quantitative estimate of drug-likeness (QED) is 0.133. The first-order valence-electron chi connectivity index (χ1n) is 18.2. The zero-order valence-electron chi connectivity index (χ0n) is 30.8. The third kappa shape index (κ3) is 8.00. The number of anilines is 5. The molecule has 0 bridgehead atoms. The molecule has 8 rings (SSSR count). The summed E-state index contributed by atoms with van der Waals surface area (Å²) in [6, 6.07) is 18.6. The van der Waals surface area contributed by atoms with Crippen LogP contribution < -0.4 is 30.9 Å². The Morgan fingerprint density at radius 3 is 2.32 bits per heavy atom. The van der Waals surface area contributed by atoms with E-state index < -0.39 is 0 Å². The number of benzene rings is 3. The molecule has 0 spiro atoms. The van der Waals surface area contributed by atoms with Crippen LogP contribution >= 0.6 is 36.3 Å². The Morgan fingerprint density at radius 2 is 1.64 bits per heavy atom. The molecule has 3 saturated heterocycles. The first kappa shape index (κ1) is 37.8. The van der Waals surface area contributed by atoms with Crippen molar-refractivity contribution in [3.63, 3.8) is 0 Å². The van der Waals surface area contributed by atoms with Crippen molar-refractivity contribution in [1.82, 2.24) is 34.9 Å². The van der Waals surface area contributed by atoms with Crippen LogP contribution in [0.25, 0.3) is 21.9 Å². The number of hydrogen-bond acceptors (Lipinski definition) is 10. The fourth-order valence-electron chi connectivity index (χ4n) is 7.97. The van der Waals surface area contributed by atoms with Gasteiger partial charge in [0.1, 0.15) is 11.6 Å². The number of halogens is 2. The van der Waals surface area contributed by atoms with E-state index >= 15 is 0 Å². The molecule has 0 unspecified atom stereocenters. The molecule has 3 aliphatic rings. The predicted octanol–water partition coefficient (Wildman–Crippen LogP) is 6.64. The number of fused-ring (bicyclic) bond motifs is 1. The number of ether oxygens (including phenoxy) is 1. The van der Waals surface area contributed by atoms with Crippen molar-refractivity contribution in [3.05, 3.63) is 71.6 Å². The maximum Gasteiger partial charge on any atom is 0.229 e. The fraction of sp³-hybridized carbons (Fsp3) is 0.410. The average Bonchev–Trinajstić information content (AvgIpc) is 3.58. The Labute approximate surface area is 328 Å². The second-order valence-corrected chi connectivity index (χ2v) is 17.4. The molecule has 0 aliphatic carbocycles. The lowest BCUT2D eigenvalue weighted by atomic mass is 9.98. The third-order valence-corrected chi connectivity index (χ3v) is 12.8. The van der Waals surface area contributed by atoms with Gasteiger partial charge in [0, 0.05) is 118 Å². The van der Waals surface area contributed by atoms with Crippen LogP contribution in [0.15, 0.2) is 71.6 Å². The van der Waals surface area contributed by atoms with Gasteiger partial charge in [0.2, 0.25) is 5.95 Å². The normalized spacial score (nSPS) is 17.5. The van der Waals surface area contributed by atoms with Gasteiger partial charge in [0.25, 0.3) is 0 Å². The molecular formula is C39H49BrClN10OP. The minimum Gasteiger partial charge on any atom is -0.494 e. The summed E-state index contributed by atoms with van der Waals surface area (Å²) in [6.07, 6.45) is 8.33. The number of piperazine rings is 1. The van der Waals surface area contributed by atoms with E-state index in [0.29, 0.717) is 17.8 Å². The molecule has 0 atom stereocenters. The van der Waals surface area contributed by atoms with E-state index in [4.69, 9.17) is 9.72 Å². The molecule has 2 aromatic heterocycles. The first-order chi connectivity index (χ1) is 25.3. The van der Waals surface area contributed by atoms with E-state index in [0.717, 1.165) is 83.7 Å². The number of aryl methyl sites for hydroxylation is 1. The monoisotopic (exact) mass is 818 g/mol. The summed E-state index contributed by atoms with van der Waals surface area (Å²) in [4.78, 5) is 17.5. The van der Waals surface area contributed by atoms with Gasteiger partial charge in [-0.1, -0.05) is 38.3 Å². The molecule has 14 heteroatoms. The summed E-state index contributed by atoms with van der Waals surface area (Å²) in [5.74, 6) is 1.90. The minimum atomic E-state index is -0.389. The van der Waals surface area contributed by atoms with Crippen molar-refractivity contribution in [2.45, 2.75) is 24.9 Å². The van der Waals surface area contributed by atoms with Gasteiger partial charge in [-0.2, -0.15) is 10.1 Å². The second kappa shape index (κ2) is 16.5. The molecule has 5 heterocycles. The molecule has 53 heavy (non-hydrogen) atoms. The van der Waals surface area contributed by atoms with Crippen LogP contribution in [0, 0.1) is 0 Å². The minimum absolute atomic E-state index is 0. The van der Waals surface area contributed by atoms with Crippen LogP contribution in [0.2, 0.25) is 0 Å². The van der Waals surface area contributed by atoms with Crippen molar-refractivity contribution in [2.24, 2.45) is 7.05 Å². The van der Waals surface area contributed by atoms with Gasteiger partial charge in [-0.15, -0.1) is 12.4 Å². The highest BCUT2D eigenvalue weighted by atomic mass is 79.9. The van der Waals surface area contributed by atoms with Gasteiger partial charge < -0.3 is 25.6 Å². The molecule has 3 fully saturated rings. The molecule has 3 aromatic carbocycles. The summed E-state index contributed by atoms with van der Waals surface area (Å²) in [5.41, 5.74) is 5.16. The summed E-state index contributed by atoms with van der Waals surface area (Å²) in [5, 5.41) is 18.9. The highest BCUT2D eigenvalue weighted by molar-refractivity contribution is 9.10. The summed E-state index contributed by atoms with van der Waals surface area (Å²) in [7, 11) is 3.30. The van der Waals surface area contributed by atoms with Gasteiger partial charge in [0.15, 0.2) is 0 Å². The number of aromatic nitrogens is 4. The van der Waals surface area contributed by atoms with E-state index in [9.17, 15) is 0 Å². The van der Waals surface area contributed by atoms with Crippen LogP contribution in [0.5, 0.6) is 5.75 Å². The molecule has 3 aliphatic heterocycles. The summed E-state index contributed by atoms with van der Waals surface area (Å²) >= 11 is 3.70. The second-order valence-electron chi connectivity index (χ2n) is 14.3. The maximum atomic E-state index is 6.03. The number of rotatable bonds is 10. The number of methoxy groups -OCH3 is 1. The number of hydrogen-bond donors (Lipinski definition) is 3. The molecule has 0 amide bonds. The van der Waals surface area contributed by atoms with E-state index in [1.54, 1.807) is 13.3 Å². The fourth-order valence-corrected chi connectivity index (χ4v) is 9.55. The van der Waals surface area contributed by atoms with E-state index in [1.807, 2.05) is 17.9 Å². The van der Waals surface area contributed by atoms with Crippen molar-refractivity contribution < 1.29 is 4.74 Å². The van der Waals surface area contributed by atoms with Crippen molar-refractivity contribution >= 4 is 81.2 Å². The van der Waals surface area contributed by atoms with Gasteiger partial charge in [-0.25, -0.2) is 4.98 Å². The maximum absolute atomic E-state index is 6.03. The molecular weight excluding hydrogens is 771 g/mol. The molecule has 0 saturated carbocycles. The summed E-state index contributed by atoms with van der Waals surface area (Å²) in [6.45, 7) is 13.4. The van der Waals surface area contributed by atoms with Crippen LogP contribution in [-0.2, 0) is 7.05 Å². The predicted molar refractivity (Wildman–Crippen MR) is 226 cm³/mol. The Kier molecular flexibility index (Phi) is 11.7. The zero-order valence-corrected chi connectivity index (χ0v) is 34.1. The van der Waals surface area contributed by atoms with Crippen LogP contribution in [-0.4, -0.2) is 114 Å². The van der Waals surface area contributed by atoms with Crippen molar-refractivity contribution in [3.8, 4) is 16.9 Å². The first-order valence-corrected chi connectivity index (χ1v) is 21.3. The SMILES string of the molecule is COc1cc(N2CCN(C3CCN(C4CNC4)CC3)CC2)c(-c2cnn(C)c2)cc1Nc1ncc(Br)c(Nc2ccc3ccccc3c2P(C)C)n1.Cl. The third-order valence-electron chi connectivity index (χ3n) is 10.9. The lowest BCUT2D eigenvalue weighted by Crippen LogP contribution is -2.60. The molecule has 5 aromatic rings. The Bertz CT molecular complexity index is 2040. The Balaban J connectivity index is 0.00000435. The summed E-state index contributed by atoms with van der Waals surface area (Å²) < 4.78 is 8.67. The standard InChI is InChI=1S/C39H48BrN10OP.ClH/c1-47-25-27(21-43-47)31-19-34(36(51-2)20-35(31)50-17-15-49(16-18-50)28-11-13-48(14-12-28)29-22-41-23-29)45-39-42-24-32(40)38(46-39)44-33-10-9-26-7-5-6-8-30(26)37(33)52(3)4;/h5-10,19-21,24-25,28-29,41H,11-18,22-23H2,1-4H3,(H2,42,44,45,46);1H. The van der Waals surface area contributed by atoms with Gasteiger partial charge in [-0.3, -0.25) is 14.5 Å². The largest absolute Gasteiger partial charge is 0.494 e. The Morgan fingerprint density at radius 1 is 0.887 bits per heavy atom. The lowest BCUT2D eigenvalue weighted by molar-refractivity contribution is 0.0631. The number of nitrogens with zero attached hydrogens (tertiary/aromatic N) is 7. The van der Waals surface area contributed by atoms with Crippen LogP contribution in [0.3, 0.4) is 0 Å². The zero-order chi connectivity index (χ0) is 35.8. The molecule has 3 N–H and O–H groups in total. The molecule has 0 radical (unpaired) electrons. The van der Waals surface area contributed by atoms with E-state index in [2.05, 4.69) is 125 Å². The average molecular weight is 820 g/mol. The smallest absolute Gasteiger partial charge is 0.229 e. The van der Waals surface area contributed by atoms with E-state index in [1.165, 1.54) is 42.0 Å². The highest BCUT2D eigenvalue weighted by Crippen LogP contribution is 2.41. The molecule has 280 valence electrons. The number of likely N-dealkylation sites (tertiary alicyclic amines) is 1. The van der Waals surface area contributed by atoms with Gasteiger partial charge >= 0.3 is 0 Å². The van der Waals surface area contributed by atoms with Gasteiger partial charge in [0.05, 0.1) is 23.5 Å². The highest BCUT2D eigenvalue weighted by Gasteiger charge is 2.32. The van der Waals surface area contributed by atoms with Crippen LogP contribution in [0.1, 0.15) is 12.8 Å². The lowest BCUT2D eigenvalue weighted by Gasteiger charge is -2.46. The van der Waals surface area contributed by atoms with Crippen molar-refractivity contribution in [1.29, 1.82) is 0 Å². The number of piperidine rings is 1. The number of nitrogens with one attached hydrogen (secondary N) is 3.